The van der Waals surface area contributed by atoms with E-state index in [1.807, 2.05) is 0 Å². The summed E-state index contributed by atoms with van der Waals surface area (Å²) in [5.74, 6) is 0. The van der Waals surface area contributed by atoms with E-state index in [0.717, 1.165) is 39.4 Å². The quantitative estimate of drug-likeness (QED) is 0.133. The first-order valence-corrected chi connectivity index (χ1v) is 27.3. The van der Waals surface area contributed by atoms with E-state index in [-0.39, 0.29) is 0 Å². The van der Waals surface area contributed by atoms with Crippen molar-refractivity contribution in [1.82, 2.24) is 4.57 Å². The van der Waals surface area contributed by atoms with Crippen molar-refractivity contribution in [2.45, 2.75) is 5.41 Å². The lowest BCUT2D eigenvalue weighted by Crippen LogP contribution is -2.28. The molecule has 0 spiro atoms. The molecule has 15 rings (SSSR count). The summed E-state index contributed by atoms with van der Waals surface area (Å²) in [5, 5.41) is 4.92. The van der Waals surface area contributed by atoms with Crippen LogP contribution in [0.3, 0.4) is 0 Å². The van der Waals surface area contributed by atoms with Crippen molar-refractivity contribution in [2.24, 2.45) is 0 Å². The van der Waals surface area contributed by atoms with Crippen LogP contribution in [0.1, 0.15) is 22.3 Å². The highest BCUT2D eigenvalue weighted by molar-refractivity contribution is 6.14. The molecule has 1 heterocycles. The average Bonchev–Trinajstić information content (AvgIpc) is 3.90. The first kappa shape index (κ1) is 46.1. The SMILES string of the molecule is c1ccc(-c2cccc3cccc(-c4ccccc4N(c4ccc(-c5ccc6c(c5)C(c5ccccc5)(c5ccccc5)c5ccccc5-6)cc4)c4ccc(-c5cccc6c7ccccc7n(-c7ccccc7)c56)cc4)c23)cc1. The minimum absolute atomic E-state index is 0.483. The molecule has 0 radical (unpaired) electrons. The first-order chi connectivity index (χ1) is 39.2. The highest BCUT2D eigenvalue weighted by Gasteiger charge is 2.46. The molecule has 14 aromatic rings. The van der Waals surface area contributed by atoms with Crippen molar-refractivity contribution in [2.75, 3.05) is 4.90 Å². The van der Waals surface area contributed by atoms with Crippen LogP contribution in [0.15, 0.2) is 315 Å². The van der Waals surface area contributed by atoms with Gasteiger partial charge in [-0.2, -0.15) is 0 Å². The van der Waals surface area contributed by atoms with Gasteiger partial charge in [-0.3, -0.25) is 0 Å². The smallest absolute Gasteiger partial charge is 0.0713 e. The van der Waals surface area contributed by atoms with Crippen LogP contribution in [0, 0.1) is 0 Å². The third kappa shape index (κ3) is 7.48. The highest BCUT2D eigenvalue weighted by atomic mass is 15.1. The summed E-state index contributed by atoms with van der Waals surface area (Å²) < 4.78 is 2.43. The molecule has 13 aromatic carbocycles. The summed E-state index contributed by atoms with van der Waals surface area (Å²) in [6.45, 7) is 0. The highest BCUT2D eigenvalue weighted by Crippen LogP contribution is 2.57. The molecule has 0 unspecified atom stereocenters. The number of hydrogen-bond acceptors (Lipinski definition) is 1. The second-order valence-corrected chi connectivity index (χ2v) is 20.7. The second-order valence-electron chi connectivity index (χ2n) is 20.7. The lowest BCUT2D eigenvalue weighted by atomic mass is 9.67. The van der Waals surface area contributed by atoms with E-state index in [1.54, 1.807) is 0 Å². The molecule has 0 atom stereocenters. The van der Waals surface area contributed by atoms with Crippen LogP contribution in [-0.4, -0.2) is 4.57 Å². The molecule has 1 aliphatic carbocycles. The maximum absolute atomic E-state index is 2.46. The third-order valence-electron chi connectivity index (χ3n) is 16.5. The van der Waals surface area contributed by atoms with Gasteiger partial charge in [-0.05, 0) is 132 Å². The van der Waals surface area contributed by atoms with Crippen molar-refractivity contribution >= 4 is 49.6 Å². The van der Waals surface area contributed by atoms with Gasteiger partial charge < -0.3 is 9.47 Å². The van der Waals surface area contributed by atoms with Gasteiger partial charge in [0.25, 0.3) is 0 Å². The van der Waals surface area contributed by atoms with Crippen LogP contribution in [-0.2, 0) is 5.41 Å². The maximum atomic E-state index is 2.46. The van der Waals surface area contributed by atoms with E-state index in [4.69, 9.17) is 0 Å². The number of rotatable bonds is 10. The molecular weight excluding hydrogens is 953 g/mol. The summed E-state index contributed by atoms with van der Waals surface area (Å²) in [6, 6.07) is 116. The van der Waals surface area contributed by atoms with E-state index in [0.29, 0.717) is 0 Å². The number of benzene rings is 13. The van der Waals surface area contributed by atoms with Crippen LogP contribution in [0.25, 0.3) is 93.9 Å². The molecule has 0 fully saturated rings. The summed E-state index contributed by atoms with van der Waals surface area (Å²) in [6.07, 6.45) is 0. The Kier molecular flexibility index (Phi) is 11.1. The van der Waals surface area contributed by atoms with Crippen LogP contribution in [0.4, 0.5) is 17.1 Å². The molecule has 2 nitrogen and oxygen atoms in total. The number of anilines is 3. The van der Waals surface area contributed by atoms with E-state index in [1.165, 1.54) is 93.8 Å². The van der Waals surface area contributed by atoms with Gasteiger partial charge in [0.05, 0.1) is 22.1 Å². The molecule has 2 heteroatoms. The molecule has 0 saturated carbocycles. The van der Waals surface area contributed by atoms with Gasteiger partial charge in [0.2, 0.25) is 0 Å². The van der Waals surface area contributed by atoms with E-state index >= 15 is 0 Å². The van der Waals surface area contributed by atoms with Crippen LogP contribution >= 0.6 is 0 Å². The lowest BCUT2D eigenvalue weighted by molar-refractivity contribution is 0.769. The molecule has 370 valence electrons. The standard InChI is InChI=1S/C77H52N2/c1-5-22-54(23-6-1)63-35-19-24-56-25-20-37-69(75(56)63)67-33-14-17-40-73(67)78(62-49-44-55(45-50-62)64-36-21-38-70-68-34-15-18-41-74(68)79(76(64)70)60-30-11-4-12-31-60)61-47-42-53(43-48-61)57-46-51-66-65-32-13-16-39-71(65)77(72(66)52-57,58-26-7-2-8-27-58)59-28-9-3-10-29-59/h1-52H. The van der Waals surface area contributed by atoms with Crippen molar-refractivity contribution in [1.29, 1.82) is 0 Å². The molecule has 1 aromatic heterocycles. The topological polar surface area (TPSA) is 8.17 Å². The average molecular weight is 1010 g/mol. The molecule has 0 amide bonds. The van der Waals surface area contributed by atoms with Crippen molar-refractivity contribution < 1.29 is 0 Å². The van der Waals surface area contributed by atoms with Crippen molar-refractivity contribution in [3.8, 4) is 61.3 Å². The zero-order valence-corrected chi connectivity index (χ0v) is 43.4. The minimum Gasteiger partial charge on any atom is -0.310 e. The van der Waals surface area contributed by atoms with Gasteiger partial charge >= 0.3 is 0 Å². The largest absolute Gasteiger partial charge is 0.310 e. The Hall–Kier alpha value is -10.3. The minimum atomic E-state index is -0.483. The molecule has 0 bridgehead atoms. The van der Waals surface area contributed by atoms with Crippen LogP contribution in [0.5, 0.6) is 0 Å². The zero-order chi connectivity index (χ0) is 52.3. The Morgan fingerprint density at radius 1 is 0.291 bits per heavy atom. The number of nitrogens with zero attached hydrogens (tertiary/aromatic N) is 2. The van der Waals surface area contributed by atoms with Crippen LogP contribution in [0.2, 0.25) is 0 Å². The van der Waals surface area contributed by atoms with Gasteiger partial charge in [0.15, 0.2) is 0 Å². The number of aromatic nitrogens is 1. The molecule has 79 heavy (non-hydrogen) atoms. The predicted molar refractivity (Wildman–Crippen MR) is 332 cm³/mol. The maximum Gasteiger partial charge on any atom is 0.0713 e. The fraction of sp³-hybridized carbons (Fsp3) is 0.0130. The summed E-state index contributed by atoms with van der Waals surface area (Å²) in [5.41, 5.74) is 23.4. The molecule has 0 N–H and O–H groups in total. The zero-order valence-electron chi connectivity index (χ0n) is 43.4. The van der Waals surface area contributed by atoms with Crippen LogP contribution < -0.4 is 4.90 Å². The van der Waals surface area contributed by atoms with E-state index in [2.05, 4.69) is 325 Å². The monoisotopic (exact) mass is 1000 g/mol. The number of fused-ring (bicyclic) bond motifs is 7. The van der Waals surface area contributed by atoms with Gasteiger partial charge in [0.1, 0.15) is 0 Å². The number of hydrogen-bond donors (Lipinski definition) is 0. The Morgan fingerprint density at radius 2 is 0.785 bits per heavy atom. The third-order valence-corrected chi connectivity index (χ3v) is 16.5. The van der Waals surface area contributed by atoms with E-state index in [9.17, 15) is 0 Å². The van der Waals surface area contributed by atoms with Gasteiger partial charge in [-0.15, -0.1) is 0 Å². The molecule has 0 saturated heterocycles. The summed E-state index contributed by atoms with van der Waals surface area (Å²) in [4.78, 5) is 2.45. The van der Waals surface area contributed by atoms with Gasteiger partial charge in [-0.25, -0.2) is 0 Å². The lowest BCUT2D eigenvalue weighted by Gasteiger charge is -2.34. The van der Waals surface area contributed by atoms with Crippen molar-refractivity contribution in [3.63, 3.8) is 0 Å². The Bertz CT molecular complexity index is 4510. The number of para-hydroxylation sites is 4. The Morgan fingerprint density at radius 3 is 1.49 bits per heavy atom. The van der Waals surface area contributed by atoms with E-state index < -0.39 is 5.41 Å². The fourth-order valence-corrected chi connectivity index (χ4v) is 13.1. The fourth-order valence-electron chi connectivity index (χ4n) is 13.1. The molecule has 1 aliphatic rings. The van der Waals surface area contributed by atoms with Gasteiger partial charge in [-0.1, -0.05) is 261 Å². The first-order valence-electron chi connectivity index (χ1n) is 27.3. The second kappa shape index (κ2) is 19.1. The Labute approximate surface area is 461 Å². The molecular formula is C77H52N2. The predicted octanol–water partition coefficient (Wildman–Crippen LogP) is 20.4. The summed E-state index contributed by atoms with van der Waals surface area (Å²) >= 11 is 0. The normalized spacial score (nSPS) is 12.4. The summed E-state index contributed by atoms with van der Waals surface area (Å²) in [7, 11) is 0. The van der Waals surface area contributed by atoms with Gasteiger partial charge in [0, 0.05) is 39.0 Å². The molecule has 0 aliphatic heterocycles. The van der Waals surface area contributed by atoms with Crippen molar-refractivity contribution in [3.05, 3.63) is 338 Å². The Balaban J connectivity index is 0.897.